The lowest BCUT2D eigenvalue weighted by Crippen LogP contribution is -2.06. The zero-order valence-electron chi connectivity index (χ0n) is 30.0. The molecule has 0 saturated carbocycles. The van der Waals surface area contributed by atoms with Gasteiger partial charge in [0.05, 0.1) is 22.2 Å². The molecule has 11 aromatic rings. The summed E-state index contributed by atoms with van der Waals surface area (Å²) in [5, 5.41) is 3.56. The summed E-state index contributed by atoms with van der Waals surface area (Å²) in [5.41, 5.74) is 11.1. The Kier molecular flexibility index (Phi) is 7.60. The average Bonchev–Trinajstić information content (AvgIpc) is 3.83. The minimum atomic E-state index is 0.537. The van der Waals surface area contributed by atoms with Gasteiger partial charge in [-0.3, -0.25) is 4.57 Å². The first-order chi connectivity index (χ1) is 27.7. The van der Waals surface area contributed by atoms with E-state index in [1.54, 1.807) is 0 Å². The number of aromatic nitrogens is 5. The average molecular weight is 734 g/mol. The van der Waals surface area contributed by atoms with Gasteiger partial charge >= 0.3 is 0 Å². The Labute approximate surface area is 326 Å². The minimum Gasteiger partial charge on any atom is -0.276 e. The van der Waals surface area contributed by atoms with Crippen molar-refractivity contribution in [3.05, 3.63) is 188 Å². The highest BCUT2D eigenvalue weighted by molar-refractivity contribution is 7.26. The quantitative estimate of drug-likeness (QED) is 0.171. The van der Waals surface area contributed by atoms with Gasteiger partial charge in [0.2, 0.25) is 5.95 Å². The van der Waals surface area contributed by atoms with Crippen molar-refractivity contribution in [1.82, 2.24) is 24.5 Å². The van der Waals surface area contributed by atoms with Crippen molar-refractivity contribution in [3.8, 4) is 62.2 Å². The molecular weight excluding hydrogens is 703 g/mol. The van der Waals surface area contributed by atoms with Crippen LogP contribution >= 0.6 is 11.3 Å². The highest BCUT2D eigenvalue weighted by Gasteiger charge is 2.22. The van der Waals surface area contributed by atoms with Crippen LogP contribution in [0.15, 0.2) is 188 Å². The SMILES string of the molecule is c1ccc(-c2cccc(-c3nc(-c4cccc(-c5ccccc5)c4)nc(-n4c5ccc(-c6ccccc6)nc5c5c6sc7ccccc7c6ccc54)n3)c2)cc1. The fourth-order valence-corrected chi connectivity index (χ4v) is 9.03. The van der Waals surface area contributed by atoms with Gasteiger partial charge in [0.15, 0.2) is 11.6 Å². The molecule has 0 radical (unpaired) electrons. The Bertz CT molecular complexity index is 3140. The van der Waals surface area contributed by atoms with Crippen LogP contribution in [0, 0.1) is 0 Å². The van der Waals surface area contributed by atoms with Crippen molar-refractivity contribution < 1.29 is 0 Å². The third kappa shape index (κ3) is 5.46. The molecule has 0 amide bonds. The van der Waals surface area contributed by atoms with E-state index >= 15 is 0 Å². The Morgan fingerprint density at radius 2 is 0.911 bits per heavy atom. The molecule has 0 saturated heterocycles. The van der Waals surface area contributed by atoms with E-state index in [0.29, 0.717) is 17.6 Å². The topological polar surface area (TPSA) is 56.5 Å². The first-order valence-corrected chi connectivity index (χ1v) is 19.5. The zero-order chi connectivity index (χ0) is 37.0. The lowest BCUT2D eigenvalue weighted by atomic mass is 10.0. The monoisotopic (exact) mass is 733 g/mol. The molecule has 0 aliphatic heterocycles. The number of benzene rings is 7. The van der Waals surface area contributed by atoms with E-state index in [-0.39, 0.29) is 0 Å². The van der Waals surface area contributed by atoms with Gasteiger partial charge in [-0.1, -0.05) is 152 Å². The van der Waals surface area contributed by atoms with Crippen LogP contribution in [0.2, 0.25) is 0 Å². The second kappa shape index (κ2) is 13.2. The van der Waals surface area contributed by atoms with E-state index in [4.69, 9.17) is 19.9 Å². The molecule has 56 heavy (non-hydrogen) atoms. The summed E-state index contributed by atoms with van der Waals surface area (Å²) in [6, 6.07) is 65.4. The van der Waals surface area contributed by atoms with Crippen LogP contribution < -0.4 is 0 Å². The number of hydrogen-bond acceptors (Lipinski definition) is 5. The molecule has 0 fully saturated rings. The lowest BCUT2D eigenvalue weighted by Gasteiger charge is -2.12. The van der Waals surface area contributed by atoms with Gasteiger partial charge in [-0.15, -0.1) is 11.3 Å². The summed E-state index contributed by atoms with van der Waals surface area (Å²) >= 11 is 1.81. The molecule has 7 aromatic carbocycles. The van der Waals surface area contributed by atoms with Crippen LogP contribution in [0.3, 0.4) is 0 Å². The second-order valence-electron chi connectivity index (χ2n) is 13.9. The Morgan fingerprint density at radius 1 is 0.375 bits per heavy atom. The van der Waals surface area contributed by atoms with Crippen LogP contribution in [0.4, 0.5) is 0 Å². The van der Waals surface area contributed by atoms with E-state index < -0.39 is 0 Å². The van der Waals surface area contributed by atoms with Gasteiger partial charge in [-0.05, 0) is 58.7 Å². The number of nitrogens with zero attached hydrogens (tertiary/aromatic N) is 5. The van der Waals surface area contributed by atoms with Gasteiger partial charge in [-0.2, -0.15) is 9.97 Å². The van der Waals surface area contributed by atoms with Crippen LogP contribution in [-0.2, 0) is 0 Å². The molecule has 262 valence electrons. The smallest absolute Gasteiger partial charge is 0.238 e. The molecule has 0 spiro atoms. The third-order valence-corrected chi connectivity index (χ3v) is 11.7. The summed E-state index contributed by atoms with van der Waals surface area (Å²) in [7, 11) is 0. The number of pyridine rings is 1. The van der Waals surface area contributed by atoms with Crippen molar-refractivity contribution in [3.63, 3.8) is 0 Å². The predicted molar refractivity (Wildman–Crippen MR) is 232 cm³/mol. The van der Waals surface area contributed by atoms with Crippen molar-refractivity contribution in [2.24, 2.45) is 0 Å². The summed E-state index contributed by atoms with van der Waals surface area (Å²) in [6.45, 7) is 0. The maximum absolute atomic E-state index is 5.41. The fraction of sp³-hybridized carbons (Fsp3) is 0. The van der Waals surface area contributed by atoms with Gasteiger partial charge < -0.3 is 0 Å². The highest BCUT2D eigenvalue weighted by atomic mass is 32.1. The van der Waals surface area contributed by atoms with Crippen molar-refractivity contribution >= 4 is 53.4 Å². The van der Waals surface area contributed by atoms with Gasteiger partial charge in [-0.25, -0.2) is 9.97 Å². The fourth-order valence-electron chi connectivity index (χ4n) is 7.78. The van der Waals surface area contributed by atoms with Gasteiger partial charge in [0.25, 0.3) is 0 Å². The molecule has 4 heterocycles. The Morgan fingerprint density at radius 3 is 1.55 bits per heavy atom. The maximum atomic E-state index is 5.41. The molecule has 0 bridgehead atoms. The number of rotatable bonds is 6. The summed E-state index contributed by atoms with van der Waals surface area (Å²) < 4.78 is 4.62. The van der Waals surface area contributed by atoms with E-state index in [9.17, 15) is 0 Å². The van der Waals surface area contributed by atoms with E-state index in [2.05, 4.69) is 174 Å². The van der Waals surface area contributed by atoms with Crippen LogP contribution in [0.25, 0.3) is 104 Å². The molecule has 0 atom stereocenters. The predicted octanol–water partition coefficient (Wildman–Crippen LogP) is 13.1. The van der Waals surface area contributed by atoms with Crippen LogP contribution in [-0.4, -0.2) is 24.5 Å². The van der Waals surface area contributed by atoms with Gasteiger partial charge in [0, 0.05) is 42.2 Å². The van der Waals surface area contributed by atoms with E-state index in [0.717, 1.165) is 66.6 Å². The third-order valence-electron chi connectivity index (χ3n) is 10.5. The Hall–Kier alpha value is -7.28. The van der Waals surface area contributed by atoms with Crippen molar-refractivity contribution in [2.75, 3.05) is 0 Å². The molecule has 0 unspecified atom stereocenters. The van der Waals surface area contributed by atoms with Gasteiger partial charge in [0.1, 0.15) is 0 Å². The largest absolute Gasteiger partial charge is 0.276 e. The standard InChI is InChI=1S/C50H31N5S/c1-4-14-32(15-5-1)35-20-12-22-37(30-35)48-52-49(38-23-13-21-36(31-38)33-16-6-2-7-17-33)54-50(53-48)55-42-28-26-40-39-24-10-11-25-44(39)56-47(40)45(42)46-43(55)29-27-41(51-46)34-18-8-3-9-19-34/h1-31H. The second-order valence-corrected chi connectivity index (χ2v) is 14.9. The molecule has 0 aliphatic carbocycles. The molecule has 0 N–H and O–H groups in total. The number of fused-ring (bicyclic) bond motifs is 7. The normalized spacial score (nSPS) is 11.6. The molecule has 11 rings (SSSR count). The summed E-state index contributed by atoms with van der Waals surface area (Å²) in [4.78, 5) is 21.2. The first kappa shape index (κ1) is 32.2. The number of thiophene rings is 1. The van der Waals surface area contributed by atoms with E-state index in [1.807, 2.05) is 29.5 Å². The van der Waals surface area contributed by atoms with Crippen LogP contribution in [0.1, 0.15) is 0 Å². The Balaban J connectivity index is 1.20. The maximum Gasteiger partial charge on any atom is 0.238 e. The van der Waals surface area contributed by atoms with Crippen molar-refractivity contribution in [2.45, 2.75) is 0 Å². The lowest BCUT2D eigenvalue weighted by molar-refractivity contribution is 0.953. The molecule has 5 nitrogen and oxygen atoms in total. The highest BCUT2D eigenvalue weighted by Crippen LogP contribution is 2.43. The van der Waals surface area contributed by atoms with E-state index in [1.165, 1.54) is 20.2 Å². The van der Waals surface area contributed by atoms with Crippen molar-refractivity contribution in [1.29, 1.82) is 0 Å². The molecule has 0 aliphatic rings. The molecule has 4 aromatic heterocycles. The molecular formula is C50H31N5S. The summed E-state index contributed by atoms with van der Waals surface area (Å²) in [6.07, 6.45) is 0. The van der Waals surface area contributed by atoms with Crippen LogP contribution in [0.5, 0.6) is 0 Å². The summed E-state index contributed by atoms with van der Waals surface area (Å²) in [5.74, 6) is 1.73. The minimum absolute atomic E-state index is 0.537. The zero-order valence-corrected chi connectivity index (χ0v) is 30.9. The number of hydrogen-bond donors (Lipinski definition) is 0. The molecule has 6 heteroatoms. The first-order valence-electron chi connectivity index (χ1n) is 18.6.